The number of aliphatic hydroxyl groups excluding tert-OH is 1. The molecule has 0 unspecified atom stereocenters. The van der Waals surface area contributed by atoms with Gasteiger partial charge in [-0.3, -0.25) is 9.59 Å². The number of aryl methyl sites for hydroxylation is 1. The summed E-state index contributed by atoms with van der Waals surface area (Å²) < 4.78 is 0. The number of nitrogens with one attached hydrogen (secondary N) is 3. The van der Waals surface area contributed by atoms with E-state index in [0.717, 1.165) is 36.1 Å². The molecule has 2 amide bonds. The van der Waals surface area contributed by atoms with Crippen LogP contribution in [0, 0.1) is 12.8 Å². The van der Waals surface area contributed by atoms with E-state index in [2.05, 4.69) is 52.1 Å². The van der Waals surface area contributed by atoms with Crippen LogP contribution in [0.1, 0.15) is 60.3 Å². The van der Waals surface area contributed by atoms with Gasteiger partial charge in [0, 0.05) is 30.3 Å². The van der Waals surface area contributed by atoms with Crippen LogP contribution in [0.15, 0.2) is 48.6 Å². The highest BCUT2D eigenvalue weighted by molar-refractivity contribution is 5.95. The van der Waals surface area contributed by atoms with Gasteiger partial charge in [0.1, 0.15) is 5.82 Å². The lowest BCUT2D eigenvalue weighted by atomic mass is 9.92. The van der Waals surface area contributed by atoms with Crippen molar-refractivity contribution < 1.29 is 14.7 Å². The number of amides is 2. The molecular weight excluding hydrogens is 440 g/mol. The molecule has 1 aliphatic rings. The lowest BCUT2D eigenvalue weighted by Crippen LogP contribution is -2.46. The van der Waals surface area contributed by atoms with Gasteiger partial charge in [-0.2, -0.15) is 0 Å². The number of carbonyl (C=O) groups is 2. The first-order valence-electron chi connectivity index (χ1n) is 12.6. The van der Waals surface area contributed by atoms with Crippen LogP contribution >= 0.6 is 0 Å². The lowest BCUT2D eigenvalue weighted by Gasteiger charge is -2.26. The van der Waals surface area contributed by atoms with E-state index < -0.39 is 12.1 Å². The Balaban J connectivity index is 1.84. The zero-order chi connectivity index (χ0) is 25.2. The molecule has 0 saturated carbocycles. The molecule has 7 nitrogen and oxygen atoms in total. The molecule has 4 bridgehead atoms. The first-order valence-corrected chi connectivity index (χ1v) is 12.6. The summed E-state index contributed by atoms with van der Waals surface area (Å²) in [6.45, 7) is 6.98. The van der Waals surface area contributed by atoms with E-state index in [0.29, 0.717) is 30.9 Å². The molecule has 1 aliphatic heterocycles. The Morgan fingerprint density at radius 3 is 2.83 bits per heavy atom. The third-order valence-corrected chi connectivity index (χ3v) is 6.24. The summed E-state index contributed by atoms with van der Waals surface area (Å²) in [6, 6.07) is 11.1. The maximum atomic E-state index is 13.2. The normalized spacial score (nSPS) is 17.8. The van der Waals surface area contributed by atoms with Crippen LogP contribution < -0.4 is 16.0 Å². The summed E-state index contributed by atoms with van der Waals surface area (Å²) in [7, 11) is 0. The second-order valence-corrected chi connectivity index (χ2v) is 9.39. The second kappa shape index (κ2) is 13.0. The molecule has 3 rings (SSSR count). The van der Waals surface area contributed by atoms with Crippen molar-refractivity contribution in [2.45, 2.75) is 65.0 Å². The van der Waals surface area contributed by atoms with Gasteiger partial charge in [0.25, 0.3) is 5.91 Å². The number of aromatic nitrogens is 1. The summed E-state index contributed by atoms with van der Waals surface area (Å²) in [4.78, 5) is 30.2. The Morgan fingerprint density at radius 1 is 1.23 bits per heavy atom. The fourth-order valence-electron chi connectivity index (χ4n) is 4.23. The molecule has 0 spiro atoms. The number of unbranched alkanes of at least 4 members (excludes halogenated alkanes) is 1. The highest BCUT2D eigenvalue weighted by Crippen LogP contribution is 2.17. The van der Waals surface area contributed by atoms with Crippen molar-refractivity contribution in [2.24, 2.45) is 5.92 Å². The number of fused-ring (bicyclic) bond motifs is 4. The van der Waals surface area contributed by atoms with Crippen molar-refractivity contribution in [3.63, 3.8) is 0 Å². The summed E-state index contributed by atoms with van der Waals surface area (Å²) in [5, 5.41) is 20.4. The number of carbonyl (C=O) groups excluding carboxylic acids is 2. The summed E-state index contributed by atoms with van der Waals surface area (Å²) >= 11 is 0. The zero-order valence-electron chi connectivity index (χ0n) is 21.0. The Kier molecular flexibility index (Phi) is 9.85. The average molecular weight is 479 g/mol. The summed E-state index contributed by atoms with van der Waals surface area (Å²) in [5.41, 5.74) is 3.40. The fourth-order valence-corrected chi connectivity index (χ4v) is 4.23. The van der Waals surface area contributed by atoms with E-state index in [1.165, 1.54) is 0 Å². The number of pyridine rings is 1. The van der Waals surface area contributed by atoms with Crippen molar-refractivity contribution in [3.8, 4) is 0 Å². The van der Waals surface area contributed by atoms with Gasteiger partial charge in [-0.1, -0.05) is 56.7 Å². The van der Waals surface area contributed by atoms with Gasteiger partial charge in [-0.15, -0.1) is 0 Å². The number of hydrogen-bond donors (Lipinski definition) is 4. The van der Waals surface area contributed by atoms with Crippen LogP contribution in [0.4, 0.5) is 5.82 Å². The molecule has 35 heavy (non-hydrogen) atoms. The highest BCUT2D eigenvalue weighted by Gasteiger charge is 2.27. The summed E-state index contributed by atoms with van der Waals surface area (Å²) in [6.07, 6.45) is 6.71. The fraction of sp³-hybridized carbons (Fsp3) is 0.464. The largest absolute Gasteiger partial charge is 0.391 e. The van der Waals surface area contributed by atoms with E-state index in [1.807, 2.05) is 26.0 Å². The number of hydrogen-bond acceptors (Lipinski definition) is 5. The number of aliphatic hydroxyl groups is 1. The van der Waals surface area contributed by atoms with Gasteiger partial charge in [0.2, 0.25) is 5.91 Å². The Morgan fingerprint density at radius 2 is 2.03 bits per heavy atom. The molecule has 4 N–H and O–H groups in total. The van der Waals surface area contributed by atoms with Crippen LogP contribution in [0.5, 0.6) is 0 Å². The van der Waals surface area contributed by atoms with Gasteiger partial charge in [0.15, 0.2) is 0 Å². The van der Waals surface area contributed by atoms with Crippen molar-refractivity contribution in [3.05, 3.63) is 70.9 Å². The van der Waals surface area contributed by atoms with Crippen molar-refractivity contribution >= 4 is 17.6 Å². The number of anilines is 1. The van der Waals surface area contributed by atoms with Crippen LogP contribution in [0.3, 0.4) is 0 Å². The first-order chi connectivity index (χ1) is 16.9. The Labute approximate surface area is 208 Å². The molecule has 0 aliphatic carbocycles. The van der Waals surface area contributed by atoms with E-state index >= 15 is 0 Å². The third kappa shape index (κ3) is 8.21. The highest BCUT2D eigenvalue weighted by atomic mass is 16.3. The molecule has 2 heterocycles. The van der Waals surface area contributed by atoms with E-state index in [4.69, 9.17) is 0 Å². The Bertz CT molecular complexity index is 1040. The molecule has 1 aromatic carbocycles. The number of allylic oxidation sites excluding steroid dienone is 1. The van der Waals surface area contributed by atoms with E-state index in [1.54, 1.807) is 12.1 Å². The lowest BCUT2D eigenvalue weighted by molar-refractivity contribution is -0.125. The maximum absolute atomic E-state index is 13.2. The van der Waals surface area contributed by atoms with E-state index in [-0.39, 0.29) is 24.2 Å². The van der Waals surface area contributed by atoms with Gasteiger partial charge >= 0.3 is 0 Å². The molecule has 0 radical (unpaired) electrons. The standard InChI is InChI=1S/C28H38N4O3/c1-4-5-12-30-27(34)19(2)14-25(33)24-17-22-11-8-10-21(16-22)9-6-7-13-29-26-18-23(28(35)32-24)15-20(3)31-26/h6-8,10-11,15-16,18-19,24-25,33H,4-5,9,12-14,17H2,1-3H3,(H,29,31)(H,30,34)(H,32,35)/t19-,24+,25+/m1/s1. The van der Waals surface area contributed by atoms with Crippen LogP contribution in [-0.2, 0) is 17.6 Å². The molecule has 2 aromatic rings. The Hall–Kier alpha value is -3.19. The van der Waals surface area contributed by atoms with Gasteiger partial charge in [0.05, 0.1) is 12.1 Å². The van der Waals surface area contributed by atoms with Gasteiger partial charge in [-0.25, -0.2) is 4.98 Å². The average Bonchev–Trinajstić information content (AvgIpc) is 2.83. The zero-order valence-corrected chi connectivity index (χ0v) is 21.0. The SMILES string of the molecule is CCCCNC(=O)[C@H](C)C[C@H](O)[C@@H]1Cc2cccc(c2)CC=CCNc2cc(cc(C)n2)C(=O)N1. The van der Waals surface area contributed by atoms with Crippen LogP contribution in [0.2, 0.25) is 0 Å². The molecule has 1 aromatic heterocycles. The monoisotopic (exact) mass is 478 g/mol. The van der Waals surface area contributed by atoms with Crippen LogP contribution in [0.25, 0.3) is 0 Å². The number of rotatable bonds is 7. The number of nitrogens with zero attached hydrogens (tertiary/aromatic N) is 1. The summed E-state index contributed by atoms with van der Waals surface area (Å²) in [5.74, 6) is -0.0880. The topological polar surface area (TPSA) is 103 Å². The third-order valence-electron chi connectivity index (χ3n) is 6.24. The molecule has 0 saturated heterocycles. The van der Waals surface area contributed by atoms with Crippen molar-refractivity contribution in [1.29, 1.82) is 0 Å². The van der Waals surface area contributed by atoms with Crippen molar-refractivity contribution in [1.82, 2.24) is 15.6 Å². The quantitative estimate of drug-likeness (QED) is 0.360. The number of benzene rings is 1. The van der Waals surface area contributed by atoms with Gasteiger partial charge < -0.3 is 21.1 Å². The second-order valence-electron chi connectivity index (χ2n) is 9.39. The predicted molar refractivity (Wildman–Crippen MR) is 139 cm³/mol. The van der Waals surface area contributed by atoms with Crippen LogP contribution in [-0.4, -0.2) is 47.1 Å². The molecule has 3 atom stereocenters. The maximum Gasteiger partial charge on any atom is 0.251 e. The molecule has 188 valence electrons. The van der Waals surface area contributed by atoms with E-state index in [9.17, 15) is 14.7 Å². The minimum atomic E-state index is -0.884. The predicted octanol–water partition coefficient (Wildman–Crippen LogP) is 3.56. The van der Waals surface area contributed by atoms with Crippen molar-refractivity contribution in [2.75, 3.05) is 18.4 Å². The van der Waals surface area contributed by atoms with Gasteiger partial charge in [-0.05, 0) is 55.9 Å². The molecule has 7 heteroatoms. The molecular formula is C28H38N4O3. The first kappa shape index (κ1) is 26.4. The smallest absolute Gasteiger partial charge is 0.251 e. The minimum absolute atomic E-state index is 0.0739. The minimum Gasteiger partial charge on any atom is -0.391 e. The molecule has 0 fully saturated rings.